The number of nitrogens with two attached hydrogens (primary N) is 1. The zero-order valence-electron chi connectivity index (χ0n) is 12.4. The molecule has 1 saturated carbocycles. The Morgan fingerprint density at radius 2 is 2.17 bits per heavy atom. The number of aromatic nitrogens is 2. The van der Waals surface area contributed by atoms with E-state index in [4.69, 9.17) is 5.73 Å². The Morgan fingerprint density at radius 1 is 1.35 bits per heavy atom. The molecule has 23 heavy (non-hydrogen) atoms. The van der Waals surface area contributed by atoms with Gasteiger partial charge in [0.25, 0.3) is 5.91 Å². The van der Waals surface area contributed by atoms with Crippen LogP contribution >= 0.6 is 0 Å². The molecule has 1 aliphatic carbocycles. The van der Waals surface area contributed by atoms with Crippen molar-refractivity contribution < 1.29 is 14.0 Å². The lowest BCUT2D eigenvalue weighted by molar-refractivity contribution is -0.122. The number of benzene rings is 1. The highest BCUT2D eigenvalue weighted by molar-refractivity contribution is 6.00. The molecule has 1 aromatic heterocycles. The van der Waals surface area contributed by atoms with E-state index in [2.05, 4.69) is 15.5 Å². The first kappa shape index (κ1) is 15.2. The average molecular weight is 316 g/mol. The Bertz CT molecular complexity index is 743. The van der Waals surface area contributed by atoms with Crippen LogP contribution in [0.1, 0.15) is 29.6 Å². The molecule has 1 heterocycles. The fourth-order valence-electron chi connectivity index (χ4n) is 3.04. The van der Waals surface area contributed by atoms with Crippen LogP contribution < -0.4 is 11.1 Å². The van der Waals surface area contributed by atoms with Crippen molar-refractivity contribution >= 4 is 11.8 Å². The van der Waals surface area contributed by atoms with E-state index in [-0.39, 0.29) is 17.9 Å². The molecule has 2 aromatic rings. The van der Waals surface area contributed by atoms with Gasteiger partial charge in [0, 0.05) is 11.6 Å². The van der Waals surface area contributed by atoms with Crippen LogP contribution in [-0.2, 0) is 4.79 Å². The lowest BCUT2D eigenvalue weighted by atomic mass is 10.0. The topological polar surface area (TPSA) is 101 Å². The van der Waals surface area contributed by atoms with Crippen LogP contribution in [0.3, 0.4) is 0 Å². The highest BCUT2D eigenvalue weighted by Crippen LogP contribution is 2.27. The molecule has 0 radical (unpaired) electrons. The highest BCUT2D eigenvalue weighted by Gasteiger charge is 2.33. The summed E-state index contributed by atoms with van der Waals surface area (Å²) in [7, 11) is 0. The summed E-state index contributed by atoms with van der Waals surface area (Å²) in [5.41, 5.74) is 6.65. The lowest BCUT2D eigenvalue weighted by Gasteiger charge is -2.18. The Kier molecular flexibility index (Phi) is 4.10. The monoisotopic (exact) mass is 316 g/mol. The summed E-state index contributed by atoms with van der Waals surface area (Å²) < 4.78 is 13.4. The molecular formula is C16H17FN4O2. The first-order valence-corrected chi connectivity index (χ1v) is 7.45. The molecule has 6 nitrogen and oxygen atoms in total. The van der Waals surface area contributed by atoms with Gasteiger partial charge in [-0.1, -0.05) is 18.6 Å². The minimum Gasteiger partial charge on any atom is -0.369 e. The molecule has 1 aliphatic rings. The molecule has 0 bridgehead atoms. The Morgan fingerprint density at radius 3 is 2.91 bits per heavy atom. The molecule has 0 aliphatic heterocycles. The van der Waals surface area contributed by atoms with Crippen molar-refractivity contribution in [1.82, 2.24) is 15.5 Å². The number of carbonyl (C=O) groups is 2. The predicted octanol–water partition coefficient (Wildman–Crippen LogP) is 1.60. The Labute approximate surface area is 132 Å². The zero-order valence-corrected chi connectivity index (χ0v) is 12.4. The number of nitrogens with zero attached hydrogens (tertiary/aromatic N) is 1. The third kappa shape index (κ3) is 3.08. The summed E-state index contributed by atoms with van der Waals surface area (Å²) in [5.74, 6) is -1.49. The lowest BCUT2D eigenvalue weighted by Crippen LogP contribution is -2.42. The smallest absolute Gasteiger partial charge is 0.255 e. The second kappa shape index (κ2) is 6.20. The number of hydrogen-bond donors (Lipinski definition) is 3. The number of halogens is 1. The van der Waals surface area contributed by atoms with Crippen molar-refractivity contribution in [2.45, 2.75) is 25.3 Å². The van der Waals surface area contributed by atoms with Gasteiger partial charge in [-0.2, -0.15) is 5.10 Å². The third-order valence-electron chi connectivity index (χ3n) is 4.20. The Balaban J connectivity index is 1.81. The molecule has 2 amide bonds. The maximum absolute atomic E-state index is 13.4. The number of amides is 2. The van der Waals surface area contributed by atoms with Crippen molar-refractivity contribution in [3.63, 3.8) is 0 Å². The highest BCUT2D eigenvalue weighted by atomic mass is 19.1. The van der Waals surface area contributed by atoms with Crippen LogP contribution in [0.25, 0.3) is 11.3 Å². The first-order chi connectivity index (χ1) is 11.1. The first-order valence-electron chi connectivity index (χ1n) is 7.45. The molecule has 4 N–H and O–H groups in total. The van der Waals surface area contributed by atoms with E-state index in [1.54, 1.807) is 12.1 Å². The van der Waals surface area contributed by atoms with E-state index in [1.165, 1.54) is 18.3 Å². The van der Waals surface area contributed by atoms with E-state index < -0.39 is 11.7 Å². The largest absolute Gasteiger partial charge is 0.369 e. The summed E-state index contributed by atoms with van der Waals surface area (Å²) in [6.07, 6.45) is 3.64. The molecule has 2 atom stereocenters. The van der Waals surface area contributed by atoms with E-state index in [9.17, 15) is 14.0 Å². The molecule has 1 aromatic carbocycles. The van der Waals surface area contributed by atoms with Gasteiger partial charge < -0.3 is 11.1 Å². The molecule has 0 spiro atoms. The van der Waals surface area contributed by atoms with E-state index in [0.29, 0.717) is 29.7 Å². The number of H-pyrrole nitrogens is 1. The number of rotatable bonds is 4. The number of aromatic amines is 1. The van der Waals surface area contributed by atoms with E-state index >= 15 is 0 Å². The maximum Gasteiger partial charge on any atom is 0.255 e. The molecule has 3 rings (SSSR count). The summed E-state index contributed by atoms with van der Waals surface area (Å²) in [5, 5.41) is 9.44. The maximum atomic E-state index is 13.4. The van der Waals surface area contributed by atoms with Crippen molar-refractivity contribution in [2.75, 3.05) is 0 Å². The fourth-order valence-corrected chi connectivity index (χ4v) is 3.04. The summed E-state index contributed by atoms with van der Waals surface area (Å²) in [4.78, 5) is 23.9. The van der Waals surface area contributed by atoms with Crippen LogP contribution in [0.5, 0.6) is 0 Å². The molecule has 0 saturated heterocycles. The van der Waals surface area contributed by atoms with Crippen LogP contribution in [0.2, 0.25) is 0 Å². The van der Waals surface area contributed by atoms with Crippen LogP contribution in [0.15, 0.2) is 30.5 Å². The standard InChI is InChI=1S/C16H17FN4O2/c17-10-4-1-3-9(7-10)14-12(8-19-21-14)16(23)20-13-6-2-5-11(13)15(18)22/h1,3-4,7-8,11,13H,2,5-6H2,(H2,18,22)(H,19,21)(H,20,23)/t11-,13+/m1/s1. The zero-order chi connectivity index (χ0) is 16.4. The van der Waals surface area contributed by atoms with Crippen LogP contribution in [0, 0.1) is 11.7 Å². The SMILES string of the molecule is NC(=O)[C@@H]1CCC[C@@H]1NC(=O)c1cn[nH]c1-c1cccc(F)c1. The summed E-state index contributed by atoms with van der Waals surface area (Å²) >= 11 is 0. The number of hydrogen-bond acceptors (Lipinski definition) is 3. The molecule has 0 unspecified atom stereocenters. The number of carbonyl (C=O) groups excluding carboxylic acids is 2. The van der Waals surface area contributed by atoms with Crippen LogP contribution in [0.4, 0.5) is 4.39 Å². The molecular weight excluding hydrogens is 299 g/mol. The number of primary amides is 1. The van der Waals surface area contributed by atoms with Gasteiger partial charge in [-0.25, -0.2) is 4.39 Å². The van der Waals surface area contributed by atoms with E-state index in [1.807, 2.05) is 0 Å². The second-order valence-electron chi connectivity index (χ2n) is 5.69. The summed E-state index contributed by atoms with van der Waals surface area (Å²) in [6.45, 7) is 0. The van der Waals surface area contributed by atoms with Crippen molar-refractivity contribution in [3.05, 3.63) is 41.8 Å². The van der Waals surface area contributed by atoms with E-state index in [0.717, 1.165) is 6.42 Å². The predicted molar refractivity (Wildman–Crippen MR) is 81.8 cm³/mol. The van der Waals surface area contributed by atoms with Gasteiger partial charge >= 0.3 is 0 Å². The van der Waals surface area contributed by atoms with Crippen molar-refractivity contribution in [1.29, 1.82) is 0 Å². The van der Waals surface area contributed by atoms with Gasteiger partial charge in [-0.05, 0) is 25.0 Å². The van der Waals surface area contributed by atoms with Gasteiger partial charge in [0.2, 0.25) is 5.91 Å². The quantitative estimate of drug-likeness (QED) is 0.798. The second-order valence-corrected chi connectivity index (χ2v) is 5.69. The van der Waals surface area contributed by atoms with Gasteiger partial charge in [0.15, 0.2) is 0 Å². The van der Waals surface area contributed by atoms with Gasteiger partial charge in [-0.15, -0.1) is 0 Å². The number of nitrogens with one attached hydrogen (secondary N) is 2. The van der Waals surface area contributed by atoms with Crippen molar-refractivity contribution in [2.24, 2.45) is 11.7 Å². The van der Waals surface area contributed by atoms with Gasteiger partial charge in [-0.3, -0.25) is 14.7 Å². The summed E-state index contributed by atoms with van der Waals surface area (Å²) in [6, 6.07) is 5.64. The van der Waals surface area contributed by atoms with Gasteiger partial charge in [0.05, 0.1) is 23.4 Å². The Hall–Kier alpha value is -2.70. The third-order valence-corrected chi connectivity index (χ3v) is 4.20. The molecule has 7 heteroatoms. The minimum absolute atomic E-state index is 0.268. The average Bonchev–Trinajstić information content (AvgIpc) is 3.15. The van der Waals surface area contributed by atoms with Crippen LogP contribution in [-0.4, -0.2) is 28.1 Å². The fraction of sp³-hybridized carbons (Fsp3) is 0.312. The van der Waals surface area contributed by atoms with Gasteiger partial charge in [0.1, 0.15) is 5.82 Å². The normalized spacial score (nSPS) is 20.4. The minimum atomic E-state index is -0.398. The molecule has 120 valence electrons. The van der Waals surface area contributed by atoms with Crippen molar-refractivity contribution in [3.8, 4) is 11.3 Å². The molecule has 1 fully saturated rings.